The predicted octanol–water partition coefficient (Wildman–Crippen LogP) is 1.61. The van der Waals surface area contributed by atoms with E-state index in [1.807, 2.05) is 12.1 Å². The van der Waals surface area contributed by atoms with E-state index >= 15 is 0 Å². The number of fused-ring (bicyclic) bond motifs is 1. The minimum atomic E-state index is 0. The Labute approximate surface area is 70.8 Å². The highest BCUT2D eigenvalue weighted by Gasteiger charge is 1.94. The van der Waals surface area contributed by atoms with Gasteiger partial charge in [-0.1, -0.05) is 0 Å². The summed E-state index contributed by atoms with van der Waals surface area (Å²) in [5, 5.41) is 9.49. The van der Waals surface area contributed by atoms with Crippen LogP contribution in [-0.4, -0.2) is 9.97 Å². The smallest absolute Gasteiger partial charge is 0.264 e. The number of nitriles is 1. The maximum Gasteiger partial charge on any atom is 1.00 e. The molecule has 0 aromatic carbocycles. The summed E-state index contributed by atoms with van der Waals surface area (Å²) < 4.78 is 0. The summed E-state index contributed by atoms with van der Waals surface area (Å²) in [4.78, 5) is 8.03. The minimum absolute atomic E-state index is 0. The van der Waals surface area contributed by atoms with Gasteiger partial charge in [-0.05, 0) is 12.1 Å². The molecule has 56 valence electrons. The van der Waals surface area contributed by atoms with Gasteiger partial charge in [0.2, 0.25) is 0 Å². The molecule has 0 spiro atoms. The van der Waals surface area contributed by atoms with Gasteiger partial charge >= 0.3 is 1.43 Å². The highest BCUT2D eigenvalue weighted by Crippen LogP contribution is 2.09. The fourth-order valence-corrected chi connectivity index (χ4v) is 1.03. The zero-order chi connectivity index (χ0) is 8.39. The molecule has 0 aliphatic carbocycles. The van der Waals surface area contributed by atoms with Crippen molar-refractivity contribution in [2.45, 2.75) is 0 Å². The molecule has 0 unspecified atom stereocenters. The molecule has 0 saturated heterocycles. The lowest BCUT2D eigenvalue weighted by Gasteiger charge is -1.94. The summed E-state index contributed by atoms with van der Waals surface area (Å²) in [6.07, 6.45) is 4.94. The maximum atomic E-state index is 8.59. The van der Waals surface area contributed by atoms with Gasteiger partial charge in [0, 0.05) is 24.0 Å². The van der Waals surface area contributed by atoms with Crippen LogP contribution >= 0.6 is 0 Å². The Morgan fingerprint density at radius 2 is 2.33 bits per heavy atom. The Kier molecular flexibility index (Phi) is 1.45. The summed E-state index contributed by atoms with van der Waals surface area (Å²) in [6, 6.07) is 5.62. The van der Waals surface area contributed by atoms with Crippen molar-refractivity contribution in [2.24, 2.45) is 0 Å². The minimum Gasteiger partial charge on any atom is -0.264 e. The van der Waals surface area contributed by atoms with Crippen molar-refractivity contribution in [1.29, 1.82) is 5.26 Å². The fourth-order valence-electron chi connectivity index (χ4n) is 1.03. The quantitative estimate of drug-likeness (QED) is 0.582. The van der Waals surface area contributed by atoms with Crippen molar-refractivity contribution in [3.63, 3.8) is 0 Å². The normalized spacial score (nSPS) is 9.58. The first-order chi connectivity index (χ1) is 5.90. The molecule has 2 aromatic rings. The van der Waals surface area contributed by atoms with E-state index in [0.29, 0.717) is 5.56 Å². The number of nitrogens with zero attached hydrogens (tertiary/aromatic N) is 3. The number of rotatable bonds is 0. The molecule has 2 heterocycles. The van der Waals surface area contributed by atoms with Crippen LogP contribution in [0.3, 0.4) is 0 Å². The lowest BCUT2D eigenvalue weighted by Crippen LogP contribution is -1.82. The summed E-state index contributed by atoms with van der Waals surface area (Å²) in [7, 11) is 0. The molecule has 0 aliphatic heterocycles. The standard InChI is InChI=1S/C9H5N3/c10-4-7-3-8-6-11-2-1-9(8)12-5-7/h1-3,5-6H/p+1. The Hall–Kier alpha value is -1.95. The topological polar surface area (TPSA) is 49.6 Å². The van der Waals surface area contributed by atoms with E-state index in [1.54, 1.807) is 24.7 Å². The van der Waals surface area contributed by atoms with Gasteiger partial charge in [-0.2, -0.15) is 5.26 Å². The van der Waals surface area contributed by atoms with Crippen LogP contribution in [0.25, 0.3) is 10.9 Å². The third-order valence-corrected chi connectivity index (χ3v) is 1.61. The van der Waals surface area contributed by atoms with E-state index < -0.39 is 0 Å². The Morgan fingerprint density at radius 1 is 1.42 bits per heavy atom. The molecular weight excluding hydrogens is 150 g/mol. The molecule has 0 atom stereocenters. The van der Waals surface area contributed by atoms with E-state index in [9.17, 15) is 0 Å². The molecule has 0 fully saturated rings. The average molecular weight is 156 g/mol. The SMILES string of the molecule is N#Cc1cnc2ccncc2c1.[H+]. The highest BCUT2D eigenvalue weighted by atomic mass is 14.7. The second-order valence-electron chi connectivity index (χ2n) is 2.40. The largest absolute Gasteiger partial charge is 1.00 e. The van der Waals surface area contributed by atoms with Crippen molar-refractivity contribution in [3.05, 3.63) is 36.3 Å². The number of hydrogen-bond donors (Lipinski definition) is 0. The van der Waals surface area contributed by atoms with Crippen LogP contribution in [0.4, 0.5) is 0 Å². The van der Waals surface area contributed by atoms with Gasteiger partial charge in [0.15, 0.2) is 0 Å². The number of hydrogen-bond acceptors (Lipinski definition) is 3. The van der Waals surface area contributed by atoms with Crippen molar-refractivity contribution in [3.8, 4) is 6.07 Å². The molecule has 2 aromatic heterocycles. The molecule has 0 aliphatic rings. The van der Waals surface area contributed by atoms with Gasteiger partial charge in [0.05, 0.1) is 11.1 Å². The third kappa shape index (κ3) is 0.995. The van der Waals surface area contributed by atoms with Crippen LogP contribution in [0, 0.1) is 11.3 Å². The van der Waals surface area contributed by atoms with Crippen molar-refractivity contribution >= 4 is 10.9 Å². The lowest BCUT2D eigenvalue weighted by molar-refractivity contribution is 1.31. The number of aromatic nitrogens is 2. The maximum absolute atomic E-state index is 8.59. The zero-order valence-electron chi connectivity index (χ0n) is 7.23. The van der Waals surface area contributed by atoms with Gasteiger partial charge in [-0.15, -0.1) is 0 Å². The van der Waals surface area contributed by atoms with E-state index in [-0.39, 0.29) is 1.43 Å². The first kappa shape index (κ1) is 6.74. The molecule has 3 nitrogen and oxygen atoms in total. The van der Waals surface area contributed by atoms with E-state index in [0.717, 1.165) is 10.9 Å². The molecule has 0 saturated carbocycles. The van der Waals surface area contributed by atoms with E-state index in [4.69, 9.17) is 5.26 Å². The van der Waals surface area contributed by atoms with Crippen LogP contribution < -0.4 is 0 Å². The summed E-state index contributed by atoms with van der Waals surface area (Å²) >= 11 is 0. The Morgan fingerprint density at radius 3 is 3.17 bits per heavy atom. The fraction of sp³-hybridized carbons (Fsp3) is 0. The molecular formula is C9H6N3+. The highest BCUT2D eigenvalue weighted by molar-refractivity contribution is 5.78. The third-order valence-electron chi connectivity index (χ3n) is 1.61. The summed E-state index contributed by atoms with van der Waals surface area (Å²) in [5.74, 6) is 0. The molecule has 0 amide bonds. The van der Waals surface area contributed by atoms with Gasteiger partial charge in [0.1, 0.15) is 6.07 Å². The lowest BCUT2D eigenvalue weighted by atomic mass is 10.2. The van der Waals surface area contributed by atoms with Gasteiger partial charge in [-0.3, -0.25) is 9.97 Å². The summed E-state index contributed by atoms with van der Waals surface area (Å²) in [6.45, 7) is 0. The first-order valence-corrected chi connectivity index (χ1v) is 3.50. The van der Waals surface area contributed by atoms with Crippen molar-refractivity contribution in [2.75, 3.05) is 0 Å². The average Bonchev–Trinajstić information content (AvgIpc) is 2.17. The molecule has 0 bridgehead atoms. The molecule has 0 N–H and O–H groups in total. The molecule has 3 heteroatoms. The molecule has 2 rings (SSSR count). The predicted molar refractivity (Wildman–Crippen MR) is 45.4 cm³/mol. The van der Waals surface area contributed by atoms with Crippen LogP contribution in [0.15, 0.2) is 30.7 Å². The molecule has 12 heavy (non-hydrogen) atoms. The van der Waals surface area contributed by atoms with Gasteiger partial charge < -0.3 is 0 Å². The van der Waals surface area contributed by atoms with E-state index in [2.05, 4.69) is 9.97 Å². The first-order valence-electron chi connectivity index (χ1n) is 3.50. The Balaban J connectivity index is 0.000000845. The van der Waals surface area contributed by atoms with Crippen LogP contribution in [0.2, 0.25) is 0 Å². The van der Waals surface area contributed by atoms with Crippen molar-refractivity contribution < 1.29 is 1.43 Å². The van der Waals surface area contributed by atoms with Crippen molar-refractivity contribution in [1.82, 2.24) is 9.97 Å². The number of pyridine rings is 2. The van der Waals surface area contributed by atoms with Gasteiger partial charge in [-0.25, -0.2) is 0 Å². The van der Waals surface area contributed by atoms with Gasteiger partial charge in [0.25, 0.3) is 0 Å². The van der Waals surface area contributed by atoms with Crippen LogP contribution in [-0.2, 0) is 0 Å². The second kappa shape index (κ2) is 2.59. The van der Waals surface area contributed by atoms with E-state index in [1.165, 1.54) is 0 Å². The second-order valence-corrected chi connectivity index (χ2v) is 2.40. The monoisotopic (exact) mass is 156 g/mol. The molecule has 0 radical (unpaired) electrons. The van der Waals surface area contributed by atoms with Crippen LogP contribution in [0.1, 0.15) is 6.99 Å². The Bertz CT molecular complexity index is 462. The summed E-state index contributed by atoms with van der Waals surface area (Å²) in [5.41, 5.74) is 1.43. The van der Waals surface area contributed by atoms with Crippen LogP contribution in [0.5, 0.6) is 0 Å². The zero-order valence-corrected chi connectivity index (χ0v) is 6.23.